The zero-order valence-electron chi connectivity index (χ0n) is 12.5. The fourth-order valence-electron chi connectivity index (χ4n) is 2.37. The third-order valence-electron chi connectivity index (χ3n) is 3.58. The number of hydrogen-bond donors (Lipinski definition) is 1. The van der Waals surface area contributed by atoms with Crippen LogP contribution in [0.15, 0.2) is 18.2 Å². The maximum atomic E-state index is 12.3. The lowest BCUT2D eigenvalue weighted by molar-refractivity contribution is -0.127. The maximum Gasteiger partial charge on any atom is 0.251 e. The first-order chi connectivity index (χ1) is 10.0. The summed E-state index contributed by atoms with van der Waals surface area (Å²) in [7, 11) is 3.08. The van der Waals surface area contributed by atoms with Gasteiger partial charge in [-0.3, -0.25) is 9.59 Å². The van der Waals surface area contributed by atoms with E-state index in [1.165, 1.54) is 21.1 Å². The van der Waals surface area contributed by atoms with Crippen molar-refractivity contribution in [1.29, 1.82) is 0 Å². The molecule has 0 aliphatic carbocycles. The number of nitrogens with one attached hydrogen (secondary N) is 1. The van der Waals surface area contributed by atoms with Crippen LogP contribution in [-0.2, 0) is 4.79 Å². The van der Waals surface area contributed by atoms with E-state index in [1.54, 1.807) is 23.1 Å². The summed E-state index contributed by atoms with van der Waals surface area (Å²) >= 11 is 0. The van der Waals surface area contributed by atoms with Crippen molar-refractivity contribution < 1.29 is 19.1 Å². The summed E-state index contributed by atoms with van der Waals surface area (Å²) in [5.74, 6) is 0.977. The van der Waals surface area contributed by atoms with Gasteiger partial charge in [0, 0.05) is 37.7 Å². The van der Waals surface area contributed by atoms with Gasteiger partial charge in [-0.1, -0.05) is 0 Å². The van der Waals surface area contributed by atoms with E-state index in [0.29, 0.717) is 30.2 Å². The van der Waals surface area contributed by atoms with Crippen molar-refractivity contribution in [3.05, 3.63) is 23.8 Å². The second kappa shape index (κ2) is 6.47. The Bertz CT molecular complexity index is 522. The minimum atomic E-state index is -0.192. The molecule has 6 heteroatoms. The van der Waals surface area contributed by atoms with Gasteiger partial charge in [-0.15, -0.1) is 0 Å². The van der Waals surface area contributed by atoms with Crippen molar-refractivity contribution in [3.63, 3.8) is 0 Å². The predicted molar refractivity (Wildman–Crippen MR) is 77.7 cm³/mol. The molecule has 1 unspecified atom stereocenters. The number of methoxy groups -OCH3 is 2. The van der Waals surface area contributed by atoms with Crippen LogP contribution in [0.2, 0.25) is 0 Å². The average Bonchev–Trinajstić information content (AvgIpc) is 2.95. The molecule has 1 saturated heterocycles. The molecule has 1 atom stereocenters. The first-order valence-electron chi connectivity index (χ1n) is 6.83. The number of likely N-dealkylation sites (tertiary alicyclic amines) is 1. The molecule has 1 aliphatic heterocycles. The minimum absolute atomic E-state index is 0.0152. The Morgan fingerprint density at radius 2 is 1.81 bits per heavy atom. The highest BCUT2D eigenvalue weighted by molar-refractivity contribution is 5.95. The predicted octanol–water partition coefficient (Wildman–Crippen LogP) is 1.05. The summed E-state index contributed by atoms with van der Waals surface area (Å²) in [4.78, 5) is 25.3. The van der Waals surface area contributed by atoms with Gasteiger partial charge in [0.1, 0.15) is 11.5 Å². The molecule has 1 fully saturated rings. The smallest absolute Gasteiger partial charge is 0.251 e. The maximum absolute atomic E-state index is 12.3. The van der Waals surface area contributed by atoms with E-state index in [0.717, 1.165) is 6.42 Å². The van der Waals surface area contributed by atoms with E-state index in [-0.39, 0.29) is 17.9 Å². The average molecular weight is 292 g/mol. The van der Waals surface area contributed by atoms with Gasteiger partial charge in [-0.25, -0.2) is 0 Å². The lowest BCUT2D eigenvalue weighted by Crippen LogP contribution is -2.38. The molecule has 1 heterocycles. The van der Waals surface area contributed by atoms with Gasteiger partial charge in [-0.05, 0) is 18.6 Å². The summed E-state index contributed by atoms with van der Waals surface area (Å²) in [5.41, 5.74) is 0.479. The summed E-state index contributed by atoms with van der Waals surface area (Å²) in [6, 6.07) is 5.02. The van der Waals surface area contributed by atoms with Crippen LogP contribution in [0.5, 0.6) is 11.5 Å². The topological polar surface area (TPSA) is 67.9 Å². The molecule has 114 valence electrons. The lowest BCUT2D eigenvalue weighted by Gasteiger charge is -2.15. The molecule has 0 aromatic heterocycles. The Hall–Kier alpha value is -2.24. The second-order valence-electron chi connectivity index (χ2n) is 5.03. The highest BCUT2D eigenvalue weighted by Gasteiger charge is 2.25. The monoisotopic (exact) mass is 292 g/mol. The number of ether oxygens (including phenoxy) is 2. The van der Waals surface area contributed by atoms with Crippen LogP contribution in [0.4, 0.5) is 0 Å². The zero-order valence-corrected chi connectivity index (χ0v) is 12.5. The van der Waals surface area contributed by atoms with Crippen molar-refractivity contribution in [2.24, 2.45) is 0 Å². The Morgan fingerprint density at radius 1 is 1.19 bits per heavy atom. The zero-order chi connectivity index (χ0) is 15.4. The number of carbonyl (C=O) groups excluding carboxylic acids is 2. The van der Waals surface area contributed by atoms with E-state index < -0.39 is 0 Å². The van der Waals surface area contributed by atoms with Gasteiger partial charge < -0.3 is 19.7 Å². The highest BCUT2D eigenvalue weighted by atomic mass is 16.5. The molecular formula is C15H20N2O4. The molecule has 1 N–H and O–H groups in total. The first kappa shape index (κ1) is 15.2. The van der Waals surface area contributed by atoms with Gasteiger partial charge in [-0.2, -0.15) is 0 Å². The molecule has 0 saturated carbocycles. The van der Waals surface area contributed by atoms with Crippen molar-refractivity contribution in [2.75, 3.05) is 27.3 Å². The number of amides is 2. The van der Waals surface area contributed by atoms with E-state index >= 15 is 0 Å². The molecule has 1 aromatic carbocycles. The van der Waals surface area contributed by atoms with Gasteiger partial charge >= 0.3 is 0 Å². The molecular weight excluding hydrogens is 272 g/mol. The van der Waals surface area contributed by atoms with Crippen LogP contribution in [0.1, 0.15) is 23.7 Å². The van der Waals surface area contributed by atoms with Crippen molar-refractivity contribution in [1.82, 2.24) is 10.2 Å². The fraction of sp³-hybridized carbons (Fsp3) is 0.467. The normalized spacial score (nSPS) is 17.5. The standard InChI is InChI=1S/C15H20N2O4/c1-10(18)17-5-4-12(9-17)16-15(19)11-6-13(20-2)8-14(7-11)21-3/h6-8,12H,4-5,9H2,1-3H3,(H,16,19). The number of nitrogens with zero attached hydrogens (tertiary/aromatic N) is 1. The largest absolute Gasteiger partial charge is 0.497 e. The Kier molecular flexibility index (Phi) is 4.67. The number of rotatable bonds is 4. The molecule has 0 bridgehead atoms. The van der Waals surface area contributed by atoms with Crippen LogP contribution in [0.25, 0.3) is 0 Å². The third-order valence-corrected chi connectivity index (χ3v) is 3.58. The fourth-order valence-corrected chi connectivity index (χ4v) is 2.37. The number of hydrogen-bond acceptors (Lipinski definition) is 4. The Balaban J connectivity index is 2.05. The van der Waals surface area contributed by atoms with Crippen LogP contribution in [-0.4, -0.2) is 50.1 Å². The Morgan fingerprint density at radius 3 is 2.29 bits per heavy atom. The van der Waals surface area contributed by atoms with Crippen LogP contribution in [0, 0.1) is 0 Å². The minimum Gasteiger partial charge on any atom is -0.497 e. The molecule has 1 aliphatic rings. The summed E-state index contributed by atoms with van der Waals surface area (Å²) in [6.45, 7) is 2.78. The van der Waals surface area contributed by atoms with Crippen LogP contribution in [0.3, 0.4) is 0 Å². The molecule has 2 rings (SSSR count). The summed E-state index contributed by atoms with van der Waals surface area (Å²) < 4.78 is 10.3. The number of benzene rings is 1. The second-order valence-corrected chi connectivity index (χ2v) is 5.03. The van der Waals surface area contributed by atoms with Crippen LogP contribution < -0.4 is 14.8 Å². The number of carbonyl (C=O) groups is 2. The summed E-state index contributed by atoms with van der Waals surface area (Å²) in [6.07, 6.45) is 0.770. The molecule has 0 spiro atoms. The van der Waals surface area contributed by atoms with Crippen molar-refractivity contribution in [2.45, 2.75) is 19.4 Å². The van der Waals surface area contributed by atoms with Crippen molar-refractivity contribution in [3.8, 4) is 11.5 Å². The van der Waals surface area contributed by atoms with E-state index in [9.17, 15) is 9.59 Å². The van der Waals surface area contributed by atoms with Gasteiger partial charge in [0.2, 0.25) is 5.91 Å². The highest BCUT2D eigenvalue weighted by Crippen LogP contribution is 2.22. The van der Waals surface area contributed by atoms with Gasteiger partial charge in [0.25, 0.3) is 5.91 Å². The van der Waals surface area contributed by atoms with Gasteiger partial charge in [0.15, 0.2) is 0 Å². The first-order valence-corrected chi connectivity index (χ1v) is 6.83. The SMILES string of the molecule is COc1cc(OC)cc(C(=O)NC2CCN(C(C)=O)C2)c1. The molecule has 21 heavy (non-hydrogen) atoms. The lowest BCUT2D eigenvalue weighted by atomic mass is 10.1. The molecule has 2 amide bonds. The van der Waals surface area contributed by atoms with Crippen LogP contribution >= 0.6 is 0 Å². The molecule has 6 nitrogen and oxygen atoms in total. The van der Waals surface area contributed by atoms with E-state index in [4.69, 9.17) is 9.47 Å². The van der Waals surface area contributed by atoms with E-state index in [1.807, 2.05) is 0 Å². The quantitative estimate of drug-likeness (QED) is 0.901. The Labute approximate surface area is 124 Å². The molecule has 0 radical (unpaired) electrons. The van der Waals surface area contributed by atoms with E-state index in [2.05, 4.69) is 5.32 Å². The van der Waals surface area contributed by atoms with Gasteiger partial charge in [0.05, 0.1) is 14.2 Å². The third kappa shape index (κ3) is 3.65. The molecule has 1 aromatic rings. The summed E-state index contributed by atoms with van der Waals surface area (Å²) in [5, 5.41) is 2.94. The van der Waals surface area contributed by atoms with Crippen molar-refractivity contribution >= 4 is 11.8 Å².